The van der Waals surface area contributed by atoms with Gasteiger partial charge >= 0.3 is 12.0 Å². The Hall–Kier alpha value is -1.86. The van der Waals surface area contributed by atoms with Crippen molar-refractivity contribution in [1.29, 1.82) is 0 Å². The first-order valence-corrected chi connectivity index (χ1v) is 6.15. The maximum atomic E-state index is 13.1. The number of carboxylic acids is 1. The molecule has 1 aliphatic heterocycles. The van der Waals surface area contributed by atoms with Gasteiger partial charge in [0.05, 0.1) is 6.61 Å². The van der Waals surface area contributed by atoms with Crippen molar-refractivity contribution in [2.75, 3.05) is 18.5 Å². The molecular weight excluding hydrogens is 291 g/mol. The third kappa shape index (κ3) is 3.17. The standard InChI is InChI=1S/C12H12ClFN2O4/c13-7-3-8(14)5-9(4-7)15-11(19)16-12(10(17)18)1-2-20-6-12/h3-5H,1-2,6H2,(H,17,18)(H2,15,16,19). The predicted octanol–water partition coefficient (Wildman–Crippen LogP) is 1.84. The molecule has 0 saturated carbocycles. The number of rotatable bonds is 3. The molecule has 20 heavy (non-hydrogen) atoms. The van der Waals surface area contributed by atoms with Gasteiger partial charge in [-0.25, -0.2) is 14.0 Å². The van der Waals surface area contributed by atoms with E-state index in [1.165, 1.54) is 6.07 Å². The summed E-state index contributed by atoms with van der Waals surface area (Å²) in [6, 6.07) is 2.75. The molecule has 1 heterocycles. The molecule has 6 nitrogen and oxygen atoms in total. The first-order valence-electron chi connectivity index (χ1n) is 5.78. The zero-order valence-corrected chi connectivity index (χ0v) is 11.0. The second kappa shape index (κ2) is 5.64. The molecule has 1 unspecified atom stereocenters. The Labute approximate surface area is 118 Å². The number of nitrogens with one attached hydrogen (secondary N) is 2. The molecule has 1 aliphatic rings. The number of carbonyl (C=O) groups is 2. The maximum absolute atomic E-state index is 13.1. The molecule has 0 bridgehead atoms. The molecule has 0 aromatic heterocycles. The van der Waals surface area contributed by atoms with E-state index >= 15 is 0 Å². The zero-order valence-electron chi connectivity index (χ0n) is 10.3. The van der Waals surface area contributed by atoms with Crippen molar-refractivity contribution in [1.82, 2.24) is 5.32 Å². The van der Waals surface area contributed by atoms with Crippen LogP contribution >= 0.6 is 11.6 Å². The Morgan fingerprint density at radius 1 is 1.40 bits per heavy atom. The van der Waals surface area contributed by atoms with Crippen molar-refractivity contribution in [2.24, 2.45) is 0 Å². The minimum Gasteiger partial charge on any atom is -0.479 e. The Balaban J connectivity index is 2.06. The summed E-state index contributed by atoms with van der Waals surface area (Å²) in [6.07, 6.45) is 0.166. The molecule has 1 fully saturated rings. The van der Waals surface area contributed by atoms with Gasteiger partial charge in [-0.05, 0) is 18.2 Å². The lowest BCUT2D eigenvalue weighted by Gasteiger charge is -2.23. The number of urea groups is 1. The minimum atomic E-state index is -1.46. The van der Waals surface area contributed by atoms with E-state index in [1.807, 2.05) is 0 Å². The van der Waals surface area contributed by atoms with E-state index in [4.69, 9.17) is 21.4 Å². The van der Waals surface area contributed by atoms with Gasteiger partial charge in [0.25, 0.3) is 0 Å². The highest BCUT2D eigenvalue weighted by molar-refractivity contribution is 6.30. The van der Waals surface area contributed by atoms with Crippen LogP contribution in [0.5, 0.6) is 0 Å². The number of aliphatic carboxylic acids is 1. The van der Waals surface area contributed by atoms with Crippen molar-refractivity contribution in [3.63, 3.8) is 0 Å². The third-order valence-electron chi connectivity index (χ3n) is 2.90. The summed E-state index contributed by atoms with van der Waals surface area (Å²) in [4.78, 5) is 23.0. The van der Waals surface area contributed by atoms with Crippen LogP contribution in [0.3, 0.4) is 0 Å². The van der Waals surface area contributed by atoms with E-state index in [0.717, 1.165) is 12.1 Å². The fraction of sp³-hybridized carbons (Fsp3) is 0.333. The predicted molar refractivity (Wildman–Crippen MR) is 69.4 cm³/mol. The van der Waals surface area contributed by atoms with Crippen LogP contribution in [-0.2, 0) is 9.53 Å². The number of hydrogen-bond acceptors (Lipinski definition) is 3. The van der Waals surface area contributed by atoms with Gasteiger partial charge in [0.2, 0.25) is 0 Å². The number of carbonyl (C=O) groups excluding carboxylic acids is 1. The van der Waals surface area contributed by atoms with Gasteiger partial charge in [0.1, 0.15) is 5.82 Å². The van der Waals surface area contributed by atoms with Crippen molar-refractivity contribution >= 4 is 29.3 Å². The van der Waals surface area contributed by atoms with Crippen molar-refractivity contribution in [3.8, 4) is 0 Å². The number of amides is 2. The largest absolute Gasteiger partial charge is 0.479 e. The average Bonchev–Trinajstić information content (AvgIpc) is 2.76. The molecule has 108 valence electrons. The minimum absolute atomic E-state index is 0.111. The van der Waals surface area contributed by atoms with Crippen molar-refractivity contribution < 1.29 is 23.8 Å². The molecular formula is C12H12ClFN2O4. The van der Waals surface area contributed by atoms with Gasteiger partial charge in [0, 0.05) is 23.7 Å². The van der Waals surface area contributed by atoms with E-state index in [9.17, 15) is 14.0 Å². The molecule has 0 radical (unpaired) electrons. The first-order chi connectivity index (χ1) is 9.41. The third-order valence-corrected chi connectivity index (χ3v) is 3.12. The molecule has 3 N–H and O–H groups in total. The van der Waals surface area contributed by atoms with E-state index in [-0.39, 0.29) is 30.3 Å². The van der Waals surface area contributed by atoms with Gasteiger partial charge < -0.3 is 20.5 Å². The zero-order chi connectivity index (χ0) is 14.8. The SMILES string of the molecule is O=C(Nc1cc(F)cc(Cl)c1)NC1(C(=O)O)CCOC1. The second-order valence-electron chi connectivity index (χ2n) is 4.43. The fourth-order valence-electron chi connectivity index (χ4n) is 1.89. The highest BCUT2D eigenvalue weighted by atomic mass is 35.5. The molecule has 0 spiro atoms. The normalized spacial score (nSPS) is 21.5. The van der Waals surface area contributed by atoms with Gasteiger partial charge in [0.15, 0.2) is 5.54 Å². The topological polar surface area (TPSA) is 87.7 Å². The fourth-order valence-corrected chi connectivity index (χ4v) is 2.11. The van der Waals surface area contributed by atoms with E-state index < -0.39 is 23.4 Å². The van der Waals surface area contributed by atoms with E-state index in [0.29, 0.717) is 0 Å². The maximum Gasteiger partial charge on any atom is 0.332 e. The lowest BCUT2D eigenvalue weighted by atomic mass is 9.99. The average molecular weight is 303 g/mol. The number of halogens is 2. The van der Waals surface area contributed by atoms with Crippen molar-refractivity contribution in [3.05, 3.63) is 29.0 Å². The lowest BCUT2D eigenvalue weighted by molar-refractivity contribution is -0.144. The van der Waals surface area contributed by atoms with Crippen LogP contribution in [0.4, 0.5) is 14.9 Å². The molecule has 1 atom stereocenters. The van der Waals surface area contributed by atoms with Gasteiger partial charge in [-0.3, -0.25) is 0 Å². The molecule has 1 aromatic carbocycles. The van der Waals surface area contributed by atoms with Crippen molar-refractivity contribution in [2.45, 2.75) is 12.0 Å². The number of ether oxygens (including phenoxy) is 1. The Bertz CT molecular complexity index is 526. The molecule has 1 saturated heterocycles. The summed E-state index contributed by atoms with van der Waals surface area (Å²) >= 11 is 5.66. The lowest BCUT2D eigenvalue weighted by Crippen LogP contribution is -2.56. The number of benzene rings is 1. The molecule has 1 aromatic rings. The van der Waals surface area contributed by atoms with E-state index in [1.54, 1.807) is 0 Å². The summed E-state index contributed by atoms with van der Waals surface area (Å²) in [5.74, 6) is -1.78. The highest BCUT2D eigenvalue weighted by Crippen LogP contribution is 2.21. The van der Waals surface area contributed by atoms with Crippen LogP contribution < -0.4 is 10.6 Å². The van der Waals surface area contributed by atoms with E-state index in [2.05, 4.69) is 10.6 Å². The summed E-state index contributed by atoms with van der Waals surface area (Å²) in [5.41, 5.74) is -1.33. The van der Waals surface area contributed by atoms with Crippen LogP contribution in [0.1, 0.15) is 6.42 Å². The van der Waals surface area contributed by atoms with Crippen LogP contribution in [0.25, 0.3) is 0 Å². The first kappa shape index (κ1) is 14.5. The Morgan fingerprint density at radius 2 is 2.15 bits per heavy atom. The summed E-state index contributed by atoms with van der Waals surface area (Å²) in [7, 11) is 0. The number of anilines is 1. The van der Waals surface area contributed by atoms with Gasteiger partial charge in [-0.2, -0.15) is 0 Å². The number of hydrogen-bond donors (Lipinski definition) is 3. The van der Waals surface area contributed by atoms with Crippen LogP contribution in [0.2, 0.25) is 5.02 Å². The Morgan fingerprint density at radius 3 is 2.70 bits per heavy atom. The number of carboxylic acid groups (broad SMARTS) is 1. The summed E-state index contributed by atoms with van der Waals surface area (Å²) in [6.45, 7) is 0.137. The molecule has 2 amide bonds. The monoisotopic (exact) mass is 302 g/mol. The van der Waals surface area contributed by atoms with Crippen LogP contribution in [-0.4, -0.2) is 35.9 Å². The summed E-state index contributed by atoms with van der Waals surface area (Å²) < 4.78 is 18.1. The highest BCUT2D eigenvalue weighted by Gasteiger charge is 2.44. The van der Waals surface area contributed by atoms with Gasteiger partial charge in [-0.1, -0.05) is 11.6 Å². The summed E-state index contributed by atoms with van der Waals surface area (Å²) in [5, 5.41) is 14.0. The smallest absolute Gasteiger partial charge is 0.332 e. The Kier molecular flexibility index (Phi) is 4.10. The quantitative estimate of drug-likeness (QED) is 0.795. The molecule has 0 aliphatic carbocycles. The molecule has 8 heteroatoms. The van der Waals surface area contributed by atoms with Crippen LogP contribution in [0, 0.1) is 5.82 Å². The molecule has 2 rings (SSSR count). The second-order valence-corrected chi connectivity index (χ2v) is 4.86. The van der Waals surface area contributed by atoms with Gasteiger partial charge in [-0.15, -0.1) is 0 Å². The van der Waals surface area contributed by atoms with Crippen LogP contribution in [0.15, 0.2) is 18.2 Å².